The number of hydrogen-bond donors (Lipinski definition) is 4. The van der Waals surface area contributed by atoms with Crippen molar-refractivity contribution in [2.45, 2.75) is 19.3 Å². The zero-order valence-electron chi connectivity index (χ0n) is 15.2. The maximum absolute atomic E-state index is 9.28. The quantitative estimate of drug-likeness (QED) is 0.473. The normalized spacial score (nSPS) is 22.1. The molecule has 24 heavy (non-hydrogen) atoms. The summed E-state index contributed by atoms with van der Waals surface area (Å²) in [4.78, 5) is 6.94. The first kappa shape index (κ1) is 21.8. The first-order chi connectivity index (χ1) is 11.8. The molecule has 0 saturated carbocycles. The van der Waals surface area contributed by atoms with Gasteiger partial charge in [-0.25, -0.2) is 0 Å². The van der Waals surface area contributed by atoms with E-state index in [0.717, 1.165) is 84.7 Å². The summed E-state index contributed by atoms with van der Waals surface area (Å²) in [6, 6.07) is 0. The first-order valence-electron chi connectivity index (χ1n) is 9.50. The minimum absolute atomic E-state index is 0.185. The number of hydrogen-bond acceptors (Lipinski definition) is 7. The average molecular weight is 347 g/mol. The summed E-state index contributed by atoms with van der Waals surface area (Å²) in [6.07, 6.45) is 3.23. The van der Waals surface area contributed by atoms with Crippen molar-refractivity contribution in [3.8, 4) is 0 Å². The predicted octanol–water partition coefficient (Wildman–Crippen LogP) is -1.36. The number of nitrogens with zero attached hydrogens (tertiary/aromatic N) is 3. The van der Waals surface area contributed by atoms with Crippen molar-refractivity contribution >= 4 is 0 Å². The smallest absolute Gasteiger partial charge is 0.0558 e. The molecule has 0 spiro atoms. The Labute approximate surface area is 147 Å². The van der Waals surface area contributed by atoms with Crippen molar-refractivity contribution < 1.29 is 15.3 Å². The second-order valence-electron chi connectivity index (χ2n) is 6.51. The Kier molecular flexibility index (Phi) is 13.6. The van der Waals surface area contributed by atoms with Gasteiger partial charge >= 0.3 is 0 Å². The van der Waals surface area contributed by atoms with Gasteiger partial charge in [0.1, 0.15) is 0 Å². The van der Waals surface area contributed by atoms with Gasteiger partial charge in [-0.05, 0) is 58.5 Å². The molecule has 0 unspecified atom stereocenters. The van der Waals surface area contributed by atoms with Gasteiger partial charge in [0.05, 0.1) is 19.8 Å². The molecule has 1 fully saturated rings. The molecule has 0 amide bonds. The maximum Gasteiger partial charge on any atom is 0.0558 e. The Morgan fingerprint density at radius 3 is 1.33 bits per heavy atom. The highest BCUT2D eigenvalue weighted by atomic mass is 16.3. The molecule has 0 bridgehead atoms. The molecule has 144 valence electrons. The largest absolute Gasteiger partial charge is 0.395 e. The van der Waals surface area contributed by atoms with E-state index in [2.05, 4.69) is 20.0 Å². The number of aliphatic hydroxyl groups is 3. The number of rotatable bonds is 6. The molecule has 0 radical (unpaired) electrons. The van der Waals surface area contributed by atoms with E-state index in [1.54, 1.807) is 0 Å². The van der Waals surface area contributed by atoms with Crippen molar-refractivity contribution in [1.29, 1.82) is 0 Å². The molecule has 1 aliphatic heterocycles. The van der Waals surface area contributed by atoms with E-state index in [1.165, 1.54) is 0 Å². The van der Waals surface area contributed by atoms with Gasteiger partial charge in [-0.2, -0.15) is 0 Å². The topological polar surface area (TPSA) is 82.4 Å². The summed E-state index contributed by atoms with van der Waals surface area (Å²) < 4.78 is 0. The molecule has 1 aliphatic rings. The molecule has 0 aromatic rings. The third-order valence-corrected chi connectivity index (χ3v) is 4.59. The molecule has 7 heteroatoms. The van der Waals surface area contributed by atoms with E-state index < -0.39 is 0 Å². The third-order valence-electron chi connectivity index (χ3n) is 4.59. The van der Waals surface area contributed by atoms with Gasteiger partial charge in [-0.3, -0.25) is 9.80 Å². The van der Waals surface area contributed by atoms with Gasteiger partial charge in [-0.1, -0.05) is 0 Å². The van der Waals surface area contributed by atoms with Crippen LogP contribution in [0, 0.1) is 0 Å². The number of β-amino-alcohol motifs (C(OH)–C–C–N with tert-alkyl or cyclic N) is 3. The van der Waals surface area contributed by atoms with Crippen molar-refractivity contribution in [1.82, 2.24) is 20.0 Å². The van der Waals surface area contributed by atoms with Crippen LogP contribution in [0.25, 0.3) is 0 Å². The van der Waals surface area contributed by atoms with Crippen molar-refractivity contribution in [2.75, 3.05) is 91.8 Å². The van der Waals surface area contributed by atoms with E-state index in [4.69, 9.17) is 0 Å². The highest BCUT2D eigenvalue weighted by molar-refractivity contribution is 4.67. The Bertz CT molecular complexity index is 285. The fourth-order valence-corrected chi connectivity index (χ4v) is 3.21. The molecule has 1 saturated heterocycles. The van der Waals surface area contributed by atoms with Crippen LogP contribution in [0.2, 0.25) is 0 Å². The molecule has 1 rings (SSSR count). The van der Waals surface area contributed by atoms with Gasteiger partial charge in [0, 0.05) is 32.7 Å². The van der Waals surface area contributed by atoms with Gasteiger partial charge in [0.2, 0.25) is 0 Å². The minimum Gasteiger partial charge on any atom is -0.395 e. The standard InChI is InChI=1S/C17H38N4O3/c22-15-12-19-6-1-4-18-5-2-7-20(13-16-23)10-11-21(14-17-24)9-3-8-19/h18,22-24H,1-17H2. The second-order valence-corrected chi connectivity index (χ2v) is 6.51. The van der Waals surface area contributed by atoms with Crippen LogP contribution in [0.3, 0.4) is 0 Å². The lowest BCUT2D eigenvalue weighted by Gasteiger charge is -2.28. The lowest BCUT2D eigenvalue weighted by molar-refractivity contribution is 0.143. The van der Waals surface area contributed by atoms with Crippen LogP contribution in [0.5, 0.6) is 0 Å². The van der Waals surface area contributed by atoms with Gasteiger partial charge in [0.15, 0.2) is 0 Å². The molecule has 0 aromatic carbocycles. The lowest BCUT2D eigenvalue weighted by atomic mass is 10.3. The zero-order valence-corrected chi connectivity index (χ0v) is 15.2. The number of nitrogens with one attached hydrogen (secondary N) is 1. The van der Waals surface area contributed by atoms with E-state index in [-0.39, 0.29) is 19.8 Å². The summed E-state index contributed by atoms with van der Waals surface area (Å²) in [6.45, 7) is 10.6. The van der Waals surface area contributed by atoms with E-state index in [9.17, 15) is 15.3 Å². The highest BCUT2D eigenvalue weighted by Crippen LogP contribution is 2.00. The third kappa shape index (κ3) is 10.6. The summed E-state index contributed by atoms with van der Waals surface area (Å²) in [5.74, 6) is 0. The fourth-order valence-electron chi connectivity index (χ4n) is 3.21. The zero-order chi connectivity index (χ0) is 17.5. The summed E-state index contributed by atoms with van der Waals surface area (Å²) in [7, 11) is 0. The summed E-state index contributed by atoms with van der Waals surface area (Å²) in [5, 5.41) is 31.2. The number of aliphatic hydroxyl groups excluding tert-OH is 3. The Morgan fingerprint density at radius 2 is 0.917 bits per heavy atom. The SMILES string of the molecule is OCCN1CCCNCCCN(CCO)CCN(CCO)CCC1. The van der Waals surface area contributed by atoms with Crippen LogP contribution in [-0.2, 0) is 0 Å². The summed E-state index contributed by atoms with van der Waals surface area (Å²) in [5.41, 5.74) is 0. The van der Waals surface area contributed by atoms with Crippen LogP contribution >= 0.6 is 0 Å². The van der Waals surface area contributed by atoms with Gasteiger partial charge in [0.25, 0.3) is 0 Å². The van der Waals surface area contributed by atoms with Crippen LogP contribution in [-0.4, -0.2) is 122 Å². The molecular formula is C17H38N4O3. The van der Waals surface area contributed by atoms with Crippen molar-refractivity contribution in [2.24, 2.45) is 0 Å². The van der Waals surface area contributed by atoms with Crippen LogP contribution < -0.4 is 5.32 Å². The van der Waals surface area contributed by atoms with Crippen molar-refractivity contribution in [3.05, 3.63) is 0 Å². The molecule has 0 aromatic heterocycles. The monoisotopic (exact) mass is 346 g/mol. The van der Waals surface area contributed by atoms with Gasteiger partial charge in [-0.15, -0.1) is 0 Å². The predicted molar refractivity (Wildman–Crippen MR) is 97.3 cm³/mol. The molecule has 0 aliphatic carbocycles. The summed E-state index contributed by atoms with van der Waals surface area (Å²) >= 11 is 0. The van der Waals surface area contributed by atoms with Crippen LogP contribution in [0.4, 0.5) is 0 Å². The van der Waals surface area contributed by atoms with Crippen LogP contribution in [0.1, 0.15) is 19.3 Å². The Morgan fingerprint density at radius 1 is 0.542 bits per heavy atom. The Balaban J connectivity index is 2.53. The second kappa shape index (κ2) is 15.0. The highest BCUT2D eigenvalue weighted by Gasteiger charge is 2.11. The average Bonchev–Trinajstić information content (AvgIpc) is 2.58. The van der Waals surface area contributed by atoms with E-state index >= 15 is 0 Å². The van der Waals surface area contributed by atoms with Crippen molar-refractivity contribution in [3.63, 3.8) is 0 Å². The molecular weight excluding hydrogens is 308 g/mol. The van der Waals surface area contributed by atoms with Gasteiger partial charge < -0.3 is 25.5 Å². The van der Waals surface area contributed by atoms with E-state index in [1.807, 2.05) is 0 Å². The fraction of sp³-hybridized carbons (Fsp3) is 1.00. The maximum atomic E-state index is 9.28. The molecule has 4 N–H and O–H groups in total. The van der Waals surface area contributed by atoms with E-state index in [0.29, 0.717) is 6.54 Å². The Hall–Kier alpha value is -0.280. The molecule has 0 atom stereocenters. The minimum atomic E-state index is 0.185. The molecule has 1 heterocycles. The first-order valence-corrected chi connectivity index (χ1v) is 9.50. The lowest BCUT2D eigenvalue weighted by Crippen LogP contribution is -2.39. The molecule has 7 nitrogen and oxygen atoms in total. The van der Waals surface area contributed by atoms with Crippen LogP contribution in [0.15, 0.2) is 0 Å².